The van der Waals surface area contributed by atoms with E-state index in [0.717, 1.165) is 6.42 Å². The molecule has 2 rings (SSSR count). The van der Waals surface area contributed by atoms with E-state index >= 15 is 0 Å². The zero-order valence-corrected chi connectivity index (χ0v) is 15.4. The maximum atomic E-state index is 12.2. The van der Waals surface area contributed by atoms with Gasteiger partial charge in [-0.1, -0.05) is 37.0 Å². The fraction of sp³-hybridized carbons (Fsp3) is 0.353. The van der Waals surface area contributed by atoms with Gasteiger partial charge in [-0.2, -0.15) is 0 Å². The van der Waals surface area contributed by atoms with Crippen LogP contribution in [-0.4, -0.2) is 22.4 Å². The summed E-state index contributed by atoms with van der Waals surface area (Å²) in [4.78, 5) is 20.8. The standard InChI is InChI=1S/C17H20Cl2N4O/c1-10(2)6-7-20-16(24)15-8-11(3)21-17(23-15)22-12-4-5-13(18)14(19)9-12/h4-5,8-10H,6-7H2,1-3H3,(H,20,24)(H,21,22,23). The lowest BCUT2D eigenvalue weighted by molar-refractivity contribution is 0.0947. The number of hydrogen-bond acceptors (Lipinski definition) is 4. The number of aromatic nitrogens is 2. The third-order valence-corrected chi connectivity index (χ3v) is 4.01. The van der Waals surface area contributed by atoms with Crippen LogP contribution in [0.15, 0.2) is 24.3 Å². The van der Waals surface area contributed by atoms with Gasteiger partial charge < -0.3 is 10.6 Å². The number of nitrogens with one attached hydrogen (secondary N) is 2. The maximum absolute atomic E-state index is 12.2. The number of carbonyl (C=O) groups excluding carboxylic acids is 1. The van der Waals surface area contributed by atoms with Crippen LogP contribution in [0.2, 0.25) is 10.0 Å². The normalized spacial score (nSPS) is 10.8. The van der Waals surface area contributed by atoms with E-state index < -0.39 is 0 Å². The summed E-state index contributed by atoms with van der Waals surface area (Å²) in [6, 6.07) is 6.78. The van der Waals surface area contributed by atoms with Crippen molar-refractivity contribution in [3.63, 3.8) is 0 Å². The van der Waals surface area contributed by atoms with Gasteiger partial charge in [-0.05, 0) is 43.5 Å². The van der Waals surface area contributed by atoms with Gasteiger partial charge in [0.2, 0.25) is 5.95 Å². The summed E-state index contributed by atoms with van der Waals surface area (Å²) in [5, 5.41) is 6.81. The minimum Gasteiger partial charge on any atom is -0.351 e. The third-order valence-electron chi connectivity index (χ3n) is 3.27. The van der Waals surface area contributed by atoms with Crippen molar-refractivity contribution < 1.29 is 4.79 Å². The molecular formula is C17H20Cl2N4O. The number of amides is 1. The van der Waals surface area contributed by atoms with Crippen LogP contribution in [0.5, 0.6) is 0 Å². The first-order valence-electron chi connectivity index (χ1n) is 7.71. The van der Waals surface area contributed by atoms with Gasteiger partial charge in [0.25, 0.3) is 5.91 Å². The van der Waals surface area contributed by atoms with Crippen molar-refractivity contribution in [2.24, 2.45) is 5.92 Å². The molecule has 2 aromatic rings. The molecule has 1 aromatic heterocycles. The van der Waals surface area contributed by atoms with E-state index in [9.17, 15) is 4.79 Å². The van der Waals surface area contributed by atoms with Gasteiger partial charge >= 0.3 is 0 Å². The van der Waals surface area contributed by atoms with Crippen LogP contribution in [0.1, 0.15) is 36.5 Å². The van der Waals surface area contributed by atoms with E-state index in [1.165, 1.54) is 0 Å². The van der Waals surface area contributed by atoms with Crippen molar-refractivity contribution in [2.45, 2.75) is 27.2 Å². The minimum absolute atomic E-state index is 0.210. The van der Waals surface area contributed by atoms with Crippen molar-refractivity contribution in [1.29, 1.82) is 0 Å². The summed E-state index contributed by atoms with van der Waals surface area (Å²) in [7, 11) is 0. The van der Waals surface area contributed by atoms with Crippen molar-refractivity contribution in [3.05, 3.63) is 45.7 Å². The molecule has 0 aliphatic heterocycles. The Labute approximate surface area is 151 Å². The second-order valence-corrected chi connectivity index (χ2v) is 6.72. The van der Waals surface area contributed by atoms with Crippen LogP contribution < -0.4 is 10.6 Å². The smallest absolute Gasteiger partial charge is 0.270 e. The van der Waals surface area contributed by atoms with Gasteiger partial charge in [0.05, 0.1) is 10.0 Å². The summed E-state index contributed by atoms with van der Waals surface area (Å²) >= 11 is 11.9. The molecule has 128 valence electrons. The number of hydrogen-bond donors (Lipinski definition) is 2. The number of anilines is 2. The molecule has 0 spiro atoms. The Morgan fingerprint density at radius 1 is 1.17 bits per heavy atom. The molecule has 0 saturated heterocycles. The number of benzene rings is 1. The lowest BCUT2D eigenvalue weighted by Crippen LogP contribution is -2.26. The van der Waals surface area contributed by atoms with Gasteiger partial charge in [0.1, 0.15) is 5.69 Å². The van der Waals surface area contributed by atoms with Crippen LogP contribution in [0, 0.1) is 12.8 Å². The molecule has 5 nitrogen and oxygen atoms in total. The molecule has 1 amide bonds. The molecule has 0 unspecified atom stereocenters. The Kier molecular flexibility index (Phi) is 6.40. The van der Waals surface area contributed by atoms with Gasteiger partial charge in [-0.3, -0.25) is 4.79 Å². The highest BCUT2D eigenvalue weighted by Gasteiger charge is 2.11. The largest absolute Gasteiger partial charge is 0.351 e. The predicted octanol–water partition coefficient (Wildman–Crippen LogP) is 4.61. The number of halogens is 2. The van der Waals surface area contributed by atoms with Crippen molar-refractivity contribution in [2.75, 3.05) is 11.9 Å². The zero-order chi connectivity index (χ0) is 17.7. The van der Waals surface area contributed by atoms with Crippen LogP contribution in [0.3, 0.4) is 0 Å². The summed E-state index contributed by atoms with van der Waals surface area (Å²) in [6.45, 7) is 6.65. The molecule has 0 aliphatic carbocycles. The molecule has 0 fully saturated rings. The average Bonchev–Trinajstić information content (AvgIpc) is 2.50. The van der Waals surface area contributed by atoms with E-state index in [1.54, 1.807) is 24.3 Å². The average molecular weight is 367 g/mol. The molecule has 24 heavy (non-hydrogen) atoms. The number of rotatable bonds is 6. The fourth-order valence-electron chi connectivity index (χ4n) is 2.01. The first-order valence-corrected chi connectivity index (χ1v) is 8.46. The molecule has 1 heterocycles. The summed E-state index contributed by atoms with van der Waals surface area (Å²) < 4.78 is 0. The molecule has 7 heteroatoms. The lowest BCUT2D eigenvalue weighted by Gasteiger charge is -2.10. The second-order valence-electron chi connectivity index (χ2n) is 5.91. The first kappa shape index (κ1) is 18.5. The molecule has 0 bridgehead atoms. The third kappa shape index (κ3) is 5.35. The number of aryl methyl sites for hydroxylation is 1. The highest BCUT2D eigenvalue weighted by Crippen LogP contribution is 2.26. The van der Waals surface area contributed by atoms with E-state index in [0.29, 0.717) is 45.5 Å². The van der Waals surface area contributed by atoms with Crippen molar-refractivity contribution in [1.82, 2.24) is 15.3 Å². The van der Waals surface area contributed by atoms with Crippen molar-refractivity contribution in [3.8, 4) is 0 Å². The van der Waals surface area contributed by atoms with Gasteiger partial charge in [0.15, 0.2) is 0 Å². The van der Waals surface area contributed by atoms with Gasteiger partial charge in [-0.15, -0.1) is 0 Å². The van der Waals surface area contributed by atoms with Crippen LogP contribution >= 0.6 is 23.2 Å². The van der Waals surface area contributed by atoms with E-state index in [4.69, 9.17) is 23.2 Å². The molecule has 0 atom stereocenters. The summed E-state index contributed by atoms with van der Waals surface area (Å²) in [6.07, 6.45) is 0.921. The Balaban J connectivity index is 2.12. The minimum atomic E-state index is -0.210. The molecular weight excluding hydrogens is 347 g/mol. The highest BCUT2D eigenvalue weighted by atomic mass is 35.5. The van der Waals surface area contributed by atoms with Gasteiger partial charge in [0, 0.05) is 17.9 Å². The quantitative estimate of drug-likeness (QED) is 0.782. The number of carbonyl (C=O) groups is 1. The fourth-order valence-corrected chi connectivity index (χ4v) is 2.31. The van der Waals surface area contributed by atoms with E-state index in [2.05, 4.69) is 34.4 Å². The van der Waals surface area contributed by atoms with Gasteiger partial charge in [-0.25, -0.2) is 9.97 Å². The Bertz CT molecular complexity index is 735. The molecule has 2 N–H and O–H groups in total. The first-order chi connectivity index (χ1) is 11.3. The number of nitrogens with zero attached hydrogens (tertiary/aromatic N) is 2. The lowest BCUT2D eigenvalue weighted by atomic mass is 10.1. The van der Waals surface area contributed by atoms with Crippen LogP contribution in [0.25, 0.3) is 0 Å². The van der Waals surface area contributed by atoms with E-state index in [-0.39, 0.29) is 5.91 Å². The monoisotopic (exact) mass is 366 g/mol. The molecule has 0 radical (unpaired) electrons. The maximum Gasteiger partial charge on any atom is 0.270 e. The topological polar surface area (TPSA) is 66.9 Å². The summed E-state index contributed by atoms with van der Waals surface area (Å²) in [5.41, 5.74) is 1.72. The molecule has 0 aliphatic rings. The van der Waals surface area contributed by atoms with Crippen molar-refractivity contribution >= 4 is 40.7 Å². The summed E-state index contributed by atoms with van der Waals surface area (Å²) in [5.74, 6) is 0.657. The van der Waals surface area contributed by atoms with Crippen LogP contribution in [-0.2, 0) is 0 Å². The Morgan fingerprint density at radius 3 is 2.58 bits per heavy atom. The molecule has 1 aromatic carbocycles. The van der Waals surface area contributed by atoms with Crippen LogP contribution in [0.4, 0.5) is 11.6 Å². The highest BCUT2D eigenvalue weighted by molar-refractivity contribution is 6.42. The second kappa shape index (κ2) is 8.31. The Hall–Kier alpha value is -1.85. The zero-order valence-electron chi connectivity index (χ0n) is 13.9. The van der Waals surface area contributed by atoms with E-state index in [1.807, 2.05) is 6.92 Å². The predicted molar refractivity (Wildman–Crippen MR) is 98.3 cm³/mol. The molecule has 0 saturated carbocycles. The SMILES string of the molecule is Cc1cc(C(=O)NCCC(C)C)nc(Nc2ccc(Cl)c(Cl)c2)n1. The Morgan fingerprint density at radius 2 is 1.92 bits per heavy atom.